The number of aryl methyl sites for hydroxylation is 1. The Morgan fingerprint density at radius 1 is 1.23 bits per heavy atom. The van der Waals surface area contributed by atoms with Crippen LogP contribution in [0.4, 0.5) is 0 Å². The molecule has 1 saturated heterocycles. The van der Waals surface area contributed by atoms with Crippen LogP contribution in [-0.2, 0) is 37.4 Å². The lowest BCUT2D eigenvalue weighted by atomic mass is 10.2. The molecule has 1 amide bonds. The van der Waals surface area contributed by atoms with E-state index >= 15 is 0 Å². The highest BCUT2D eigenvalue weighted by molar-refractivity contribution is 7.99. The van der Waals surface area contributed by atoms with Gasteiger partial charge in [-0.1, -0.05) is 6.92 Å². The lowest BCUT2D eigenvalue weighted by Crippen LogP contribution is -2.40. The molecule has 0 spiro atoms. The molecule has 0 N–H and O–H groups in total. The summed E-state index contributed by atoms with van der Waals surface area (Å²) in [5, 5.41) is 4.76. The van der Waals surface area contributed by atoms with Crippen molar-refractivity contribution < 1.29 is 4.79 Å². The fraction of sp³-hybridized carbons (Fsp3) is 0.611. The maximum atomic E-state index is 12.7. The predicted molar refractivity (Wildman–Crippen MR) is 102 cm³/mol. The van der Waals surface area contributed by atoms with E-state index in [1.807, 2.05) is 27.4 Å². The van der Waals surface area contributed by atoms with Crippen LogP contribution in [0.5, 0.6) is 0 Å². The first kappa shape index (κ1) is 17.6. The Bertz CT molecular complexity index is 764. The second-order valence-corrected chi connectivity index (χ2v) is 8.10. The number of imidazole rings is 1. The molecular weight excluding hydrogens is 348 g/mol. The van der Waals surface area contributed by atoms with E-state index in [-0.39, 0.29) is 5.91 Å². The average Bonchev–Trinajstić information content (AvgIpc) is 3.27. The molecule has 4 rings (SSSR count). The summed E-state index contributed by atoms with van der Waals surface area (Å²) >= 11 is 2.03. The Morgan fingerprint density at radius 3 is 2.88 bits per heavy atom. The number of nitrogens with zero attached hydrogens (tertiary/aromatic N) is 6. The summed E-state index contributed by atoms with van der Waals surface area (Å²) in [5.74, 6) is 3.54. The maximum absolute atomic E-state index is 12.7. The van der Waals surface area contributed by atoms with Crippen molar-refractivity contribution in [1.82, 2.24) is 29.1 Å². The zero-order valence-electron chi connectivity index (χ0n) is 15.3. The van der Waals surface area contributed by atoms with E-state index in [1.54, 1.807) is 6.20 Å². The van der Waals surface area contributed by atoms with E-state index < -0.39 is 0 Å². The van der Waals surface area contributed by atoms with Crippen LogP contribution in [0.25, 0.3) is 0 Å². The van der Waals surface area contributed by atoms with Crippen molar-refractivity contribution in [1.29, 1.82) is 0 Å². The third-order valence-corrected chi connectivity index (χ3v) is 6.06. The van der Waals surface area contributed by atoms with Crippen molar-refractivity contribution in [3.63, 3.8) is 0 Å². The predicted octanol–water partition coefficient (Wildman–Crippen LogP) is 1.23. The van der Waals surface area contributed by atoms with Crippen molar-refractivity contribution in [3.8, 4) is 0 Å². The van der Waals surface area contributed by atoms with Crippen LogP contribution in [0.1, 0.15) is 24.1 Å². The number of carbonyl (C=O) groups excluding carboxylic acids is 1. The number of thioether (sulfide) groups is 1. The van der Waals surface area contributed by atoms with Gasteiger partial charge in [-0.25, -0.2) is 4.98 Å². The summed E-state index contributed by atoms with van der Waals surface area (Å²) in [7, 11) is 0. The van der Waals surface area contributed by atoms with Gasteiger partial charge >= 0.3 is 0 Å². The van der Waals surface area contributed by atoms with Gasteiger partial charge in [-0.3, -0.25) is 14.4 Å². The SMILES string of the molecule is CCc1nccn1CC(=O)N1CCn2nc(CN3CCSCC3)cc2C1. The Labute approximate surface area is 158 Å². The lowest BCUT2D eigenvalue weighted by Gasteiger charge is -2.28. The highest BCUT2D eigenvalue weighted by Crippen LogP contribution is 2.17. The summed E-state index contributed by atoms with van der Waals surface area (Å²) < 4.78 is 4.03. The van der Waals surface area contributed by atoms with Crippen molar-refractivity contribution >= 4 is 17.7 Å². The zero-order chi connectivity index (χ0) is 17.9. The number of rotatable bonds is 5. The monoisotopic (exact) mass is 374 g/mol. The average molecular weight is 375 g/mol. The molecule has 2 aliphatic heterocycles. The topological polar surface area (TPSA) is 59.2 Å². The van der Waals surface area contributed by atoms with Crippen molar-refractivity contribution in [2.45, 2.75) is 39.5 Å². The minimum Gasteiger partial charge on any atom is -0.333 e. The second kappa shape index (κ2) is 7.84. The highest BCUT2D eigenvalue weighted by Gasteiger charge is 2.23. The van der Waals surface area contributed by atoms with Crippen LogP contribution in [0.2, 0.25) is 0 Å². The molecule has 2 aromatic heterocycles. The third kappa shape index (κ3) is 3.81. The molecule has 2 aliphatic rings. The number of aromatic nitrogens is 4. The maximum Gasteiger partial charge on any atom is 0.242 e. The van der Waals surface area contributed by atoms with E-state index in [4.69, 9.17) is 5.10 Å². The van der Waals surface area contributed by atoms with Gasteiger partial charge in [0, 0.05) is 56.5 Å². The van der Waals surface area contributed by atoms with Crippen molar-refractivity contribution in [2.24, 2.45) is 0 Å². The summed E-state index contributed by atoms with van der Waals surface area (Å²) in [5.41, 5.74) is 2.27. The van der Waals surface area contributed by atoms with Gasteiger partial charge in [0.15, 0.2) is 0 Å². The van der Waals surface area contributed by atoms with E-state index in [2.05, 4.69) is 27.6 Å². The minimum atomic E-state index is 0.153. The molecule has 0 aliphatic carbocycles. The fourth-order valence-corrected chi connectivity index (χ4v) is 4.63. The van der Waals surface area contributed by atoms with E-state index in [9.17, 15) is 4.79 Å². The third-order valence-electron chi connectivity index (χ3n) is 5.11. The van der Waals surface area contributed by atoms with Gasteiger partial charge in [0.1, 0.15) is 12.4 Å². The van der Waals surface area contributed by atoms with Crippen LogP contribution in [0.3, 0.4) is 0 Å². The molecule has 0 bridgehead atoms. The number of hydrogen-bond acceptors (Lipinski definition) is 5. The van der Waals surface area contributed by atoms with Gasteiger partial charge in [-0.2, -0.15) is 16.9 Å². The molecule has 0 unspecified atom stereocenters. The van der Waals surface area contributed by atoms with Crippen LogP contribution < -0.4 is 0 Å². The molecule has 0 atom stereocenters. The van der Waals surface area contributed by atoms with Gasteiger partial charge in [0.05, 0.1) is 24.5 Å². The first-order valence-electron chi connectivity index (χ1n) is 9.36. The van der Waals surface area contributed by atoms with Crippen molar-refractivity contribution in [3.05, 3.63) is 35.7 Å². The first-order chi connectivity index (χ1) is 12.7. The Balaban J connectivity index is 1.38. The molecular formula is C18H26N6OS. The van der Waals surface area contributed by atoms with Gasteiger partial charge in [-0.15, -0.1) is 0 Å². The van der Waals surface area contributed by atoms with Crippen LogP contribution in [0, 0.1) is 0 Å². The molecule has 26 heavy (non-hydrogen) atoms. The van der Waals surface area contributed by atoms with Gasteiger partial charge in [0.2, 0.25) is 5.91 Å². The summed E-state index contributed by atoms with van der Waals surface area (Å²) in [6, 6.07) is 2.18. The van der Waals surface area contributed by atoms with Gasteiger partial charge < -0.3 is 9.47 Å². The number of hydrogen-bond donors (Lipinski definition) is 0. The smallest absolute Gasteiger partial charge is 0.242 e. The summed E-state index contributed by atoms with van der Waals surface area (Å²) in [6.45, 7) is 7.79. The summed E-state index contributed by atoms with van der Waals surface area (Å²) in [4.78, 5) is 21.4. The molecule has 0 radical (unpaired) electrons. The lowest BCUT2D eigenvalue weighted by molar-refractivity contribution is -0.133. The Hall–Kier alpha value is -1.80. The fourth-order valence-electron chi connectivity index (χ4n) is 3.65. The number of carbonyl (C=O) groups is 1. The number of fused-ring (bicyclic) bond motifs is 1. The molecule has 7 nitrogen and oxygen atoms in total. The van der Waals surface area contributed by atoms with E-state index in [0.29, 0.717) is 13.1 Å². The van der Waals surface area contributed by atoms with E-state index in [0.717, 1.165) is 56.4 Å². The quantitative estimate of drug-likeness (QED) is 0.788. The molecule has 140 valence electrons. The highest BCUT2D eigenvalue weighted by atomic mass is 32.2. The molecule has 1 fully saturated rings. The number of amides is 1. The van der Waals surface area contributed by atoms with E-state index in [1.165, 1.54) is 11.5 Å². The van der Waals surface area contributed by atoms with Crippen molar-refractivity contribution in [2.75, 3.05) is 31.1 Å². The standard InChI is InChI=1S/C18H26N6OS/c1-2-17-19-3-4-22(17)14-18(25)23-5-6-24-16(13-23)11-15(20-24)12-21-7-9-26-10-8-21/h3-4,11H,2,5-10,12-14H2,1H3. The van der Waals surface area contributed by atoms with Crippen LogP contribution >= 0.6 is 11.8 Å². The zero-order valence-corrected chi connectivity index (χ0v) is 16.1. The van der Waals surface area contributed by atoms with Crippen LogP contribution in [-0.4, -0.2) is 66.2 Å². The first-order valence-corrected chi connectivity index (χ1v) is 10.5. The molecule has 2 aromatic rings. The minimum absolute atomic E-state index is 0.153. The molecule has 8 heteroatoms. The largest absolute Gasteiger partial charge is 0.333 e. The molecule has 0 saturated carbocycles. The molecule has 4 heterocycles. The summed E-state index contributed by atoms with van der Waals surface area (Å²) in [6.07, 6.45) is 4.49. The van der Waals surface area contributed by atoms with Gasteiger partial charge in [-0.05, 0) is 6.07 Å². The van der Waals surface area contributed by atoms with Gasteiger partial charge in [0.25, 0.3) is 0 Å². The Kier molecular flexibility index (Phi) is 5.31. The Morgan fingerprint density at radius 2 is 2.08 bits per heavy atom. The normalized spacial score (nSPS) is 18.1. The second-order valence-electron chi connectivity index (χ2n) is 6.88. The van der Waals surface area contributed by atoms with Crippen LogP contribution in [0.15, 0.2) is 18.5 Å². The molecule has 0 aromatic carbocycles.